The number of hydrogen-bond donors (Lipinski definition) is 2. The number of ether oxygens (including phenoxy) is 1. The summed E-state index contributed by atoms with van der Waals surface area (Å²) in [6.07, 6.45) is 0. The van der Waals surface area contributed by atoms with E-state index in [1.807, 2.05) is 0 Å². The van der Waals surface area contributed by atoms with Crippen LogP contribution in [0.5, 0.6) is 11.5 Å². The number of sulfonamides is 1. The second-order valence-electron chi connectivity index (χ2n) is 3.69. The van der Waals surface area contributed by atoms with Crippen LogP contribution in [-0.2, 0) is 10.0 Å². The molecular formula is C12H12N2O3S. The molecule has 0 heterocycles. The van der Waals surface area contributed by atoms with Crippen LogP contribution >= 0.6 is 0 Å². The molecule has 2 aromatic carbocycles. The predicted octanol–water partition coefficient (Wildman–Crippen LogP) is 1.71. The zero-order valence-electron chi connectivity index (χ0n) is 9.41. The Hall–Kier alpha value is -2.05. The molecule has 0 spiro atoms. The second kappa shape index (κ2) is 4.67. The molecular weight excluding hydrogens is 252 g/mol. The van der Waals surface area contributed by atoms with Crippen LogP contribution in [0, 0.1) is 0 Å². The first-order valence-corrected chi connectivity index (χ1v) is 6.66. The van der Waals surface area contributed by atoms with Crippen LogP contribution in [0.3, 0.4) is 0 Å². The number of nitrogens with two attached hydrogens (primary N) is 2. The highest BCUT2D eigenvalue weighted by Gasteiger charge is 2.07. The van der Waals surface area contributed by atoms with Gasteiger partial charge >= 0.3 is 0 Å². The van der Waals surface area contributed by atoms with Crippen LogP contribution in [-0.4, -0.2) is 8.42 Å². The SMILES string of the molecule is Nc1cccc(Oc2ccc(S(N)(=O)=O)cc2)c1. The maximum Gasteiger partial charge on any atom is 0.238 e. The Labute approximate surface area is 105 Å². The molecule has 0 amide bonds. The van der Waals surface area contributed by atoms with E-state index in [2.05, 4.69) is 0 Å². The van der Waals surface area contributed by atoms with Gasteiger partial charge in [-0.3, -0.25) is 0 Å². The molecule has 2 aromatic rings. The molecule has 4 N–H and O–H groups in total. The predicted molar refractivity (Wildman–Crippen MR) is 68.7 cm³/mol. The molecule has 0 aromatic heterocycles. The summed E-state index contributed by atoms with van der Waals surface area (Å²) in [6, 6.07) is 12.8. The maximum absolute atomic E-state index is 11.1. The summed E-state index contributed by atoms with van der Waals surface area (Å²) in [7, 11) is -3.67. The van der Waals surface area contributed by atoms with Gasteiger partial charge in [0.1, 0.15) is 11.5 Å². The van der Waals surface area contributed by atoms with Crippen LogP contribution in [0.15, 0.2) is 53.4 Å². The Morgan fingerprint density at radius 1 is 0.944 bits per heavy atom. The molecule has 0 saturated carbocycles. The number of anilines is 1. The van der Waals surface area contributed by atoms with Crippen molar-refractivity contribution in [2.24, 2.45) is 5.14 Å². The van der Waals surface area contributed by atoms with E-state index >= 15 is 0 Å². The van der Waals surface area contributed by atoms with Crippen molar-refractivity contribution in [2.45, 2.75) is 4.90 Å². The Morgan fingerprint density at radius 3 is 2.17 bits per heavy atom. The lowest BCUT2D eigenvalue weighted by atomic mass is 10.3. The van der Waals surface area contributed by atoms with Crippen molar-refractivity contribution in [3.63, 3.8) is 0 Å². The van der Waals surface area contributed by atoms with Crippen LogP contribution in [0.1, 0.15) is 0 Å². The van der Waals surface area contributed by atoms with Crippen molar-refractivity contribution in [2.75, 3.05) is 5.73 Å². The summed E-state index contributed by atoms with van der Waals surface area (Å²) >= 11 is 0. The minimum absolute atomic E-state index is 0.0439. The molecule has 0 bridgehead atoms. The van der Waals surface area contributed by atoms with E-state index in [4.69, 9.17) is 15.6 Å². The normalized spacial score (nSPS) is 11.2. The van der Waals surface area contributed by atoms with Gasteiger partial charge in [0.15, 0.2) is 0 Å². The van der Waals surface area contributed by atoms with Crippen molar-refractivity contribution in [1.82, 2.24) is 0 Å². The topological polar surface area (TPSA) is 95.4 Å². The minimum Gasteiger partial charge on any atom is -0.457 e. The molecule has 0 aliphatic rings. The molecule has 0 fully saturated rings. The summed E-state index contributed by atoms with van der Waals surface area (Å²) in [6.45, 7) is 0. The number of hydrogen-bond acceptors (Lipinski definition) is 4. The Balaban J connectivity index is 2.21. The summed E-state index contributed by atoms with van der Waals surface area (Å²) in [5.41, 5.74) is 6.21. The first-order valence-electron chi connectivity index (χ1n) is 5.11. The number of nitrogen functional groups attached to an aromatic ring is 1. The fraction of sp³-hybridized carbons (Fsp3) is 0. The van der Waals surface area contributed by atoms with Gasteiger partial charge in [0, 0.05) is 11.8 Å². The van der Waals surface area contributed by atoms with Gasteiger partial charge in [0.25, 0.3) is 0 Å². The Bertz CT molecular complexity index is 651. The van der Waals surface area contributed by atoms with Gasteiger partial charge in [-0.15, -0.1) is 0 Å². The zero-order valence-corrected chi connectivity index (χ0v) is 10.2. The van der Waals surface area contributed by atoms with Crippen LogP contribution in [0.25, 0.3) is 0 Å². The van der Waals surface area contributed by atoms with Crippen LogP contribution in [0.4, 0.5) is 5.69 Å². The van der Waals surface area contributed by atoms with Crippen molar-refractivity contribution >= 4 is 15.7 Å². The quantitative estimate of drug-likeness (QED) is 0.825. The fourth-order valence-corrected chi connectivity index (χ4v) is 1.93. The monoisotopic (exact) mass is 264 g/mol. The van der Waals surface area contributed by atoms with Gasteiger partial charge in [0.05, 0.1) is 4.90 Å². The van der Waals surface area contributed by atoms with Gasteiger partial charge in [0.2, 0.25) is 10.0 Å². The van der Waals surface area contributed by atoms with E-state index in [0.29, 0.717) is 17.2 Å². The molecule has 5 nitrogen and oxygen atoms in total. The third-order valence-corrected chi connectivity index (χ3v) is 3.18. The van der Waals surface area contributed by atoms with Crippen LogP contribution in [0.2, 0.25) is 0 Å². The van der Waals surface area contributed by atoms with E-state index in [1.165, 1.54) is 24.3 Å². The zero-order chi connectivity index (χ0) is 13.2. The van der Waals surface area contributed by atoms with E-state index in [0.717, 1.165) is 0 Å². The second-order valence-corrected chi connectivity index (χ2v) is 5.25. The molecule has 94 valence electrons. The smallest absolute Gasteiger partial charge is 0.238 e. The largest absolute Gasteiger partial charge is 0.457 e. The molecule has 0 aliphatic heterocycles. The van der Waals surface area contributed by atoms with Crippen molar-refractivity contribution in [3.05, 3.63) is 48.5 Å². The third kappa shape index (κ3) is 2.99. The van der Waals surface area contributed by atoms with Crippen molar-refractivity contribution in [3.8, 4) is 11.5 Å². The lowest BCUT2D eigenvalue weighted by molar-refractivity contribution is 0.482. The molecule has 2 rings (SSSR count). The first kappa shape index (κ1) is 12.4. The van der Waals surface area contributed by atoms with Gasteiger partial charge in [-0.25, -0.2) is 13.6 Å². The van der Waals surface area contributed by atoms with E-state index in [9.17, 15) is 8.42 Å². The summed E-state index contributed by atoms with van der Waals surface area (Å²) in [5, 5.41) is 4.99. The highest BCUT2D eigenvalue weighted by atomic mass is 32.2. The van der Waals surface area contributed by atoms with Crippen molar-refractivity contribution in [1.29, 1.82) is 0 Å². The number of benzene rings is 2. The van der Waals surface area contributed by atoms with E-state index < -0.39 is 10.0 Å². The molecule has 18 heavy (non-hydrogen) atoms. The molecule has 0 atom stereocenters. The fourth-order valence-electron chi connectivity index (χ4n) is 1.41. The van der Waals surface area contributed by atoms with Crippen LogP contribution < -0.4 is 15.6 Å². The molecule has 0 aliphatic carbocycles. The standard InChI is InChI=1S/C12H12N2O3S/c13-9-2-1-3-11(8-9)17-10-4-6-12(7-5-10)18(14,15)16/h1-8H,13H2,(H2,14,15,16). The van der Waals surface area contributed by atoms with Gasteiger partial charge < -0.3 is 10.5 Å². The third-order valence-electron chi connectivity index (χ3n) is 2.25. The summed E-state index contributed by atoms with van der Waals surface area (Å²) in [5.74, 6) is 1.09. The molecule has 6 heteroatoms. The van der Waals surface area contributed by atoms with Gasteiger partial charge in [-0.05, 0) is 36.4 Å². The molecule has 0 unspecified atom stereocenters. The highest BCUT2D eigenvalue weighted by Crippen LogP contribution is 2.23. The lowest BCUT2D eigenvalue weighted by Gasteiger charge is -2.06. The average molecular weight is 264 g/mol. The van der Waals surface area contributed by atoms with E-state index in [1.54, 1.807) is 24.3 Å². The Morgan fingerprint density at radius 2 is 1.61 bits per heavy atom. The number of primary sulfonamides is 1. The maximum atomic E-state index is 11.1. The van der Waals surface area contributed by atoms with Gasteiger partial charge in [-0.1, -0.05) is 6.07 Å². The average Bonchev–Trinajstić information content (AvgIpc) is 2.28. The van der Waals surface area contributed by atoms with Gasteiger partial charge in [-0.2, -0.15) is 0 Å². The van der Waals surface area contributed by atoms with E-state index in [-0.39, 0.29) is 4.90 Å². The highest BCUT2D eigenvalue weighted by molar-refractivity contribution is 7.89. The lowest BCUT2D eigenvalue weighted by Crippen LogP contribution is -2.11. The molecule has 0 saturated heterocycles. The molecule has 0 radical (unpaired) electrons. The Kier molecular flexibility index (Phi) is 3.22. The first-order chi connectivity index (χ1) is 8.45. The van der Waals surface area contributed by atoms with Crippen molar-refractivity contribution < 1.29 is 13.2 Å². The number of rotatable bonds is 3. The summed E-state index contributed by atoms with van der Waals surface area (Å²) in [4.78, 5) is 0.0439. The summed E-state index contributed by atoms with van der Waals surface area (Å²) < 4.78 is 27.6. The minimum atomic E-state index is -3.67.